The highest BCUT2D eigenvalue weighted by atomic mass is 16.6. The fourth-order valence-electron chi connectivity index (χ4n) is 3.36. The lowest BCUT2D eigenvalue weighted by Crippen LogP contribution is -2.56. The average Bonchev–Trinajstić information content (AvgIpc) is 2.57. The first-order valence-corrected chi connectivity index (χ1v) is 10.1. The number of nitrogens with zero attached hydrogens (tertiary/aromatic N) is 1. The molecular weight excluding hydrogens is 334 g/mol. The zero-order valence-electron chi connectivity index (χ0n) is 17.5. The van der Waals surface area contributed by atoms with Crippen molar-refractivity contribution in [2.75, 3.05) is 34.4 Å². The van der Waals surface area contributed by atoms with Crippen LogP contribution in [0.5, 0.6) is 0 Å². The van der Waals surface area contributed by atoms with E-state index in [1.54, 1.807) is 0 Å². The van der Waals surface area contributed by atoms with Crippen molar-refractivity contribution in [3.63, 3.8) is 0 Å². The van der Waals surface area contributed by atoms with E-state index in [0.29, 0.717) is 23.7 Å². The summed E-state index contributed by atoms with van der Waals surface area (Å²) in [5.74, 6) is -0.410. The van der Waals surface area contributed by atoms with Gasteiger partial charge in [-0.3, -0.25) is 0 Å². The molecule has 0 bridgehead atoms. The zero-order valence-corrected chi connectivity index (χ0v) is 17.5. The average molecular weight is 377 g/mol. The van der Waals surface area contributed by atoms with Crippen LogP contribution in [-0.4, -0.2) is 77.9 Å². The molecule has 0 saturated heterocycles. The van der Waals surface area contributed by atoms with Crippen LogP contribution in [0.1, 0.15) is 71.6 Å². The Labute approximate surface area is 159 Å². The molecule has 0 aromatic heterocycles. The van der Waals surface area contributed by atoms with Crippen molar-refractivity contribution in [2.45, 2.75) is 89.4 Å². The normalized spacial score (nSPS) is 14.9. The SMILES string of the molecule is CCCCCC(CCCCC)(OC(=O)[C@H](CCO)[N+](C)(C)C)C(O)CO. The van der Waals surface area contributed by atoms with Crippen LogP contribution in [0.4, 0.5) is 0 Å². The van der Waals surface area contributed by atoms with Crippen molar-refractivity contribution < 1.29 is 29.3 Å². The third-order valence-corrected chi connectivity index (χ3v) is 5.10. The van der Waals surface area contributed by atoms with Gasteiger partial charge in [-0.1, -0.05) is 39.5 Å². The molecule has 2 atom stereocenters. The van der Waals surface area contributed by atoms with E-state index < -0.39 is 30.3 Å². The molecule has 0 spiro atoms. The van der Waals surface area contributed by atoms with E-state index in [-0.39, 0.29) is 6.61 Å². The third-order valence-electron chi connectivity index (χ3n) is 5.10. The smallest absolute Gasteiger partial charge is 0.365 e. The summed E-state index contributed by atoms with van der Waals surface area (Å²) in [5, 5.41) is 29.5. The molecule has 156 valence electrons. The number of carbonyl (C=O) groups excluding carboxylic acids is 1. The Bertz CT molecular complexity index is 371. The molecule has 1 unspecified atom stereocenters. The van der Waals surface area contributed by atoms with Gasteiger partial charge in [-0.2, -0.15) is 0 Å². The van der Waals surface area contributed by atoms with Gasteiger partial charge in [-0.05, 0) is 25.7 Å². The molecule has 0 saturated carbocycles. The molecule has 0 aromatic rings. The van der Waals surface area contributed by atoms with E-state index in [1.807, 2.05) is 21.1 Å². The summed E-state index contributed by atoms with van der Waals surface area (Å²) in [7, 11) is 5.67. The van der Waals surface area contributed by atoms with Crippen molar-refractivity contribution in [1.82, 2.24) is 0 Å². The molecule has 26 heavy (non-hydrogen) atoms. The summed E-state index contributed by atoms with van der Waals surface area (Å²) < 4.78 is 6.29. The first kappa shape index (κ1) is 25.3. The second-order valence-electron chi connectivity index (χ2n) is 8.24. The maximum absolute atomic E-state index is 12.9. The van der Waals surface area contributed by atoms with Crippen LogP contribution in [0.2, 0.25) is 0 Å². The highest BCUT2D eigenvalue weighted by Crippen LogP contribution is 2.32. The molecule has 0 aliphatic heterocycles. The number of carbonyl (C=O) groups is 1. The van der Waals surface area contributed by atoms with Gasteiger partial charge in [0.1, 0.15) is 11.7 Å². The van der Waals surface area contributed by atoms with Gasteiger partial charge < -0.3 is 24.5 Å². The molecule has 0 radical (unpaired) electrons. The van der Waals surface area contributed by atoms with E-state index in [9.17, 15) is 20.1 Å². The summed E-state index contributed by atoms with van der Waals surface area (Å²) in [6.07, 6.45) is 5.99. The second-order valence-corrected chi connectivity index (χ2v) is 8.24. The quantitative estimate of drug-likeness (QED) is 0.232. The van der Waals surface area contributed by atoms with Crippen LogP contribution >= 0.6 is 0 Å². The van der Waals surface area contributed by atoms with Crippen molar-refractivity contribution in [1.29, 1.82) is 0 Å². The topological polar surface area (TPSA) is 87.0 Å². The molecule has 3 N–H and O–H groups in total. The number of quaternary nitrogens is 1. The standard InChI is InChI=1S/C20H42NO5/c1-6-8-10-13-20(18(24)16-23,14-11-9-7-2)26-19(25)17(12-15-22)21(3,4)5/h17-18,22-24H,6-16H2,1-5H3/q+1/t17-,18?/m0/s1. The van der Waals surface area contributed by atoms with Gasteiger partial charge >= 0.3 is 5.97 Å². The van der Waals surface area contributed by atoms with Gasteiger partial charge in [0.25, 0.3) is 0 Å². The molecule has 6 nitrogen and oxygen atoms in total. The second kappa shape index (κ2) is 12.7. The maximum Gasteiger partial charge on any atom is 0.365 e. The predicted octanol–water partition coefficient (Wildman–Crippen LogP) is 2.24. The number of ether oxygens (including phenoxy) is 1. The first-order valence-electron chi connectivity index (χ1n) is 10.1. The minimum absolute atomic E-state index is 0.101. The van der Waals surface area contributed by atoms with Gasteiger partial charge in [-0.25, -0.2) is 4.79 Å². The summed E-state index contributed by atoms with van der Waals surface area (Å²) in [6.45, 7) is 3.67. The minimum Gasteiger partial charge on any atom is -0.452 e. The predicted molar refractivity (Wildman–Crippen MR) is 104 cm³/mol. The first-order chi connectivity index (χ1) is 12.2. The largest absolute Gasteiger partial charge is 0.452 e. The lowest BCUT2D eigenvalue weighted by Gasteiger charge is -2.40. The Balaban J connectivity index is 5.51. The molecule has 0 amide bonds. The van der Waals surface area contributed by atoms with Crippen molar-refractivity contribution in [3.05, 3.63) is 0 Å². The van der Waals surface area contributed by atoms with Crippen LogP contribution in [-0.2, 0) is 9.53 Å². The molecule has 0 rings (SSSR count). The van der Waals surface area contributed by atoms with E-state index >= 15 is 0 Å². The van der Waals surface area contributed by atoms with Crippen LogP contribution in [0.25, 0.3) is 0 Å². The Kier molecular flexibility index (Phi) is 12.3. The van der Waals surface area contributed by atoms with Gasteiger partial charge in [0.05, 0.1) is 27.7 Å². The summed E-state index contributed by atoms with van der Waals surface area (Å²) in [4.78, 5) is 12.9. The summed E-state index contributed by atoms with van der Waals surface area (Å²) in [5.41, 5.74) is -1.06. The van der Waals surface area contributed by atoms with Crippen molar-refractivity contribution >= 4 is 5.97 Å². The number of likely N-dealkylation sites (N-methyl/N-ethyl adjacent to an activating group) is 1. The van der Waals surface area contributed by atoms with Gasteiger partial charge in [0, 0.05) is 13.0 Å². The Morgan fingerprint density at radius 2 is 1.50 bits per heavy atom. The van der Waals surface area contributed by atoms with Crippen LogP contribution < -0.4 is 0 Å². The van der Waals surface area contributed by atoms with Gasteiger partial charge in [-0.15, -0.1) is 0 Å². The van der Waals surface area contributed by atoms with Crippen molar-refractivity contribution in [3.8, 4) is 0 Å². The van der Waals surface area contributed by atoms with E-state index in [4.69, 9.17) is 4.74 Å². The lowest BCUT2D eigenvalue weighted by atomic mass is 9.84. The lowest BCUT2D eigenvalue weighted by molar-refractivity contribution is -0.887. The molecular formula is C20H42NO5+. The number of aliphatic hydroxyl groups is 3. The van der Waals surface area contributed by atoms with Crippen LogP contribution in [0.3, 0.4) is 0 Å². The van der Waals surface area contributed by atoms with Gasteiger partial charge in [0.15, 0.2) is 6.04 Å². The summed E-state index contributed by atoms with van der Waals surface area (Å²) >= 11 is 0. The van der Waals surface area contributed by atoms with Crippen LogP contribution in [0, 0.1) is 0 Å². The highest BCUT2D eigenvalue weighted by molar-refractivity contribution is 5.75. The van der Waals surface area contributed by atoms with E-state index in [1.165, 1.54) is 0 Å². The maximum atomic E-state index is 12.9. The number of hydrogen-bond donors (Lipinski definition) is 3. The number of hydrogen-bond acceptors (Lipinski definition) is 5. The molecule has 0 aromatic carbocycles. The minimum atomic E-state index is -1.09. The molecule has 0 heterocycles. The van der Waals surface area contributed by atoms with E-state index in [0.717, 1.165) is 38.5 Å². The Morgan fingerprint density at radius 3 is 1.85 bits per heavy atom. The Hall–Kier alpha value is -0.690. The third kappa shape index (κ3) is 8.33. The fraction of sp³-hybridized carbons (Fsp3) is 0.950. The number of aliphatic hydroxyl groups excluding tert-OH is 3. The monoisotopic (exact) mass is 376 g/mol. The fourth-order valence-corrected chi connectivity index (χ4v) is 3.36. The van der Waals surface area contributed by atoms with Crippen molar-refractivity contribution in [2.24, 2.45) is 0 Å². The zero-order chi connectivity index (χ0) is 20.2. The molecule has 0 aliphatic rings. The van der Waals surface area contributed by atoms with Crippen LogP contribution in [0.15, 0.2) is 0 Å². The number of rotatable bonds is 15. The highest BCUT2D eigenvalue weighted by Gasteiger charge is 2.44. The molecule has 0 fully saturated rings. The molecule has 0 aliphatic carbocycles. The molecule has 6 heteroatoms. The van der Waals surface area contributed by atoms with Gasteiger partial charge in [0.2, 0.25) is 0 Å². The number of esters is 1. The Morgan fingerprint density at radius 1 is 1.00 bits per heavy atom. The van der Waals surface area contributed by atoms with E-state index in [2.05, 4.69) is 13.8 Å². The summed E-state index contributed by atoms with van der Waals surface area (Å²) in [6, 6.07) is -0.511. The number of unbranched alkanes of at least 4 members (excludes halogenated alkanes) is 4.